The van der Waals surface area contributed by atoms with Crippen LogP contribution in [0.1, 0.15) is 25.5 Å². The quantitative estimate of drug-likeness (QED) is 0.824. The van der Waals surface area contributed by atoms with E-state index in [1.54, 1.807) is 18.0 Å². The molecular weight excluding hydrogens is 220 g/mol. The Balaban J connectivity index is 1.76. The molecule has 86 valence electrons. The van der Waals surface area contributed by atoms with Crippen molar-refractivity contribution in [2.45, 2.75) is 37.1 Å². The van der Waals surface area contributed by atoms with Crippen LogP contribution in [0.3, 0.4) is 0 Å². The second-order valence-corrected chi connectivity index (χ2v) is 5.42. The Kier molecular flexibility index (Phi) is 3.57. The van der Waals surface area contributed by atoms with Crippen LogP contribution < -0.4 is 5.32 Å². The molecule has 1 saturated carbocycles. The van der Waals surface area contributed by atoms with Crippen molar-refractivity contribution in [1.29, 1.82) is 5.26 Å². The summed E-state index contributed by atoms with van der Waals surface area (Å²) >= 11 is 1.73. The molecule has 1 unspecified atom stereocenters. The van der Waals surface area contributed by atoms with Crippen LogP contribution in [-0.2, 0) is 5.75 Å². The molecule has 3 nitrogen and oxygen atoms in total. The number of nitriles is 1. The summed E-state index contributed by atoms with van der Waals surface area (Å²) in [6.45, 7) is 1.97. The Morgan fingerprint density at radius 3 is 3.06 bits per heavy atom. The fourth-order valence-electron chi connectivity index (χ4n) is 1.53. The van der Waals surface area contributed by atoms with Gasteiger partial charge >= 0.3 is 0 Å². The Morgan fingerprint density at radius 1 is 1.69 bits per heavy atom. The molecule has 0 saturated heterocycles. The summed E-state index contributed by atoms with van der Waals surface area (Å²) < 4.78 is 5.25. The Morgan fingerprint density at radius 2 is 2.50 bits per heavy atom. The maximum atomic E-state index is 9.17. The molecule has 16 heavy (non-hydrogen) atoms. The minimum Gasteiger partial charge on any atom is -0.468 e. The van der Waals surface area contributed by atoms with Gasteiger partial charge in [-0.2, -0.15) is 17.0 Å². The third kappa shape index (κ3) is 3.29. The van der Waals surface area contributed by atoms with E-state index in [-0.39, 0.29) is 0 Å². The van der Waals surface area contributed by atoms with Gasteiger partial charge in [-0.15, -0.1) is 0 Å². The van der Waals surface area contributed by atoms with Gasteiger partial charge in [0.05, 0.1) is 18.1 Å². The molecule has 1 aromatic heterocycles. The van der Waals surface area contributed by atoms with E-state index in [0.29, 0.717) is 6.04 Å². The number of nitrogens with one attached hydrogen (secondary N) is 1. The van der Waals surface area contributed by atoms with E-state index in [0.717, 1.165) is 17.3 Å². The van der Waals surface area contributed by atoms with Crippen molar-refractivity contribution < 1.29 is 4.42 Å². The summed E-state index contributed by atoms with van der Waals surface area (Å²) in [5.74, 6) is 2.59. The number of rotatable bonds is 6. The number of hydrogen-bond acceptors (Lipinski definition) is 4. The zero-order valence-electron chi connectivity index (χ0n) is 9.40. The van der Waals surface area contributed by atoms with Crippen molar-refractivity contribution in [1.82, 2.24) is 5.32 Å². The summed E-state index contributed by atoms with van der Waals surface area (Å²) in [5.41, 5.74) is -0.404. The smallest absolute Gasteiger partial charge is 0.113 e. The molecule has 0 radical (unpaired) electrons. The van der Waals surface area contributed by atoms with Crippen LogP contribution in [0.2, 0.25) is 0 Å². The lowest BCUT2D eigenvalue weighted by molar-refractivity contribution is 0.489. The number of thioether (sulfide) groups is 1. The van der Waals surface area contributed by atoms with Crippen molar-refractivity contribution >= 4 is 11.8 Å². The van der Waals surface area contributed by atoms with E-state index in [1.165, 1.54) is 12.8 Å². The number of furan rings is 1. The average molecular weight is 236 g/mol. The summed E-state index contributed by atoms with van der Waals surface area (Å²) in [4.78, 5) is 0. The fraction of sp³-hybridized carbons (Fsp3) is 0.583. The molecule has 0 aromatic carbocycles. The molecule has 0 amide bonds. The Bertz CT molecular complexity index is 367. The predicted octanol–water partition coefficient (Wildman–Crippen LogP) is 2.55. The van der Waals surface area contributed by atoms with E-state index >= 15 is 0 Å². The monoisotopic (exact) mass is 236 g/mol. The zero-order valence-corrected chi connectivity index (χ0v) is 10.2. The lowest BCUT2D eigenvalue weighted by Gasteiger charge is -2.22. The second-order valence-electron chi connectivity index (χ2n) is 4.43. The minimum absolute atomic E-state index is 0.404. The highest BCUT2D eigenvalue weighted by Crippen LogP contribution is 2.25. The van der Waals surface area contributed by atoms with Crippen LogP contribution >= 0.6 is 11.8 Å². The van der Waals surface area contributed by atoms with Crippen molar-refractivity contribution in [3.05, 3.63) is 24.2 Å². The Hall–Kier alpha value is -0.920. The first-order chi connectivity index (χ1) is 7.72. The molecule has 1 aliphatic carbocycles. The van der Waals surface area contributed by atoms with Crippen LogP contribution in [0.15, 0.2) is 22.8 Å². The van der Waals surface area contributed by atoms with Crippen molar-refractivity contribution in [3.8, 4) is 6.07 Å². The first-order valence-electron chi connectivity index (χ1n) is 5.51. The van der Waals surface area contributed by atoms with Gasteiger partial charge in [-0.05, 0) is 31.9 Å². The maximum absolute atomic E-state index is 9.17. The molecule has 0 spiro atoms. The maximum Gasteiger partial charge on any atom is 0.113 e. The predicted molar refractivity (Wildman–Crippen MR) is 65.0 cm³/mol. The minimum atomic E-state index is -0.404. The van der Waals surface area contributed by atoms with Gasteiger partial charge < -0.3 is 4.42 Å². The van der Waals surface area contributed by atoms with Gasteiger partial charge in [-0.3, -0.25) is 5.32 Å². The first kappa shape index (κ1) is 11.6. The van der Waals surface area contributed by atoms with Crippen LogP contribution in [0, 0.1) is 11.3 Å². The molecule has 4 heteroatoms. The van der Waals surface area contributed by atoms with E-state index in [4.69, 9.17) is 9.68 Å². The molecule has 1 aliphatic rings. The molecule has 2 rings (SSSR count). The van der Waals surface area contributed by atoms with Gasteiger partial charge in [0.2, 0.25) is 0 Å². The van der Waals surface area contributed by atoms with Gasteiger partial charge in [0.25, 0.3) is 0 Å². The van der Waals surface area contributed by atoms with Crippen molar-refractivity contribution in [3.63, 3.8) is 0 Å². The van der Waals surface area contributed by atoms with Gasteiger partial charge in [0, 0.05) is 11.8 Å². The average Bonchev–Trinajstić information content (AvgIpc) is 2.92. The summed E-state index contributed by atoms with van der Waals surface area (Å²) in [7, 11) is 0. The topological polar surface area (TPSA) is 49.0 Å². The Labute approximate surface area is 100 Å². The number of nitrogens with zero attached hydrogens (tertiary/aromatic N) is 1. The van der Waals surface area contributed by atoms with Gasteiger partial charge in [-0.1, -0.05) is 0 Å². The number of hydrogen-bond donors (Lipinski definition) is 1. The van der Waals surface area contributed by atoms with Crippen LogP contribution in [0.25, 0.3) is 0 Å². The molecule has 1 heterocycles. The lowest BCUT2D eigenvalue weighted by atomic mass is 10.1. The second kappa shape index (κ2) is 4.94. The molecule has 0 bridgehead atoms. The summed E-state index contributed by atoms with van der Waals surface area (Å²) in [5, 5.41) is 12.6. The highest BCUT2D eigenvalue weighted by Gasteiger charge is 2.32. The molecular formula is C12H16N2OS. The van der Waals surface area contributed by atoms with E-state index in [2.05, 4.69) is 11.4 Å². The van der Waals surface area contributed by atoms with Gasteiger partial charge in [-0.25, -0.2) is 0 Å². The first-order valence-corrected chi connectivity index (χ1v) is 6.66. The lowest BCUT2D eigenvalue weighted by Crippen LogP contribution is -2.44. The molecule has 1 atom stereocenters. The highest BCUT2D eigenvalue weighted by molar-refractivity contribution is 7.98. The SMILES string of the molecule is CC(C#N)(CSCc1ccco1)NC1CC1. The molecule has 1 aromatic rings. The van der Waals surface area contributed by atoms with Gasteiger partial charge in [0.1, 0.15) is 11.3 Å². The third-order valence-electron chi connectivity index (χ3n) is 2.56. The van der Waals surface area contributed by atoms with E-state index < -0.39 is 5.54 Å². The normalized spacial score (nSPS) is 19.0. The van der Waals surface area contributed by atoms with Gasteiger partial charge in [0.15, 0.2) is 0 Å². The van der Waals surface area contributed by atoms with Crippen molar-refractivity contribution in [2.75, 3.05) is 5.75 Å². The van der Waals surface area contributed by atoms with E-state index in [1.807, 2.05) is 19.1 Å². The zero-order chi connectivity index (χ0) is 11.4. The largest absolute Gasteiger partial charge is 0.468 e. The third-order valence-corrected chi connectivity index (χ3v) is 3.83. The molecule has 1 N–H and O–H groups in total. The molecule has 0 aliphatic heterocycles. The molecule has 1 fully saturated rings. The standard InChI is InChI=1S/C12H16N2OS/c1-12(8-13,14-10-4-5-10)9-16-7-11-3-2-6-15-11/h2-3,6,10,14H,4-5,7,9H2,1H3. The summed E-state index contributed by atoms with van der Waals surface area (Å²) in [6, 6.07) is 6.79. The highest BCUT2D eigenvalue weighted by atomic mass is 32.2. The van der Waals surface area contributed by atoms with Crippen LogP contribution in [0.5, 0.6) is 0 Å². The van der Waals surface area contributed by atoms with Crippen molar-refractivity contribution in [2.24, 2.45) is 0 Å². The summed E-state index contributed by atoms with van der Waals surface area (Å²) in [6.07, 6.45) is 4.10. The van der Waals surface area contributed by atoms with Crippen LogP contribution in [0.4, 0.5) is 0 Å². The van der Waals surface area contributed by atoms with Crippen LogP contribution in [-0.4, -0.2) is 17.3 Å². The fourth-order valence-corrected chi connectivity index (χ4v) is 2.56. The van der Waals surface area contributed by atoms with E-state index in [9.17, 15) is 0 Å².